The molecule has 0 saturated carbocycles. The number of amides is 1. The third kappa shape index (κ3) is 7.96. The Hall–Kier alpha value is -3.74. The standard InChI is InChI=1S/C29H31F5N4O3S/c1-18-11-13-38(14-12-18)27-21(8-10-26(36-27)29(32,33)34)17-35-28(39)22(15-20-5-3-4-6-23(20)30)19-7-9-25(24(31)16-19)37-42(2,40)41/h3-10,16,18,22,37H,11-15,17H2,1-2H3,(H,35,39). The summed E-state index contributed by atoms with van der Waals surface area (Å²) in [7, 11) is -3.77. The normalized spacial score (nSPS) is 15.4. The number of carbonyl (C=O) groups excluding carboxylic acids is 1. The Morgan fingerprint density at radius 2 is 1.71 bits per heavy atom. The van der Waals surface area contributed by atoms with Crippen LogP contribution in [0.25, 0.3) is 0 Å². The second kappa shape index (κ2) is 12.6. The highest BCUT2D eigenvalue weighted by molar-refractivity contribution is 7.92. The first-order chi connectivity index (χ1) is 19.7. The van der Waals surface area contributed by atoms with Gasteiger partial charge >= 0.3 is 6.18 Å². The molecule has 0 radical (unpaired) electrons. The van der Waals surface area contributed by atoms with Gasteiger partial charge in [0.05, 0.1) is 17.9 Å². The Bertz CT molecular complexity index is 1540. The number of benzene rings is 2. The van der Waals surface area contributed by atoms with E-state index in [2.05, 4.69) is 21.9 Å². The van der Waals surface area contributed by atoms with Crippen LogP contribution >= 0.6 is 0 Å². The van der Waals surface area contributed by atoms with Gasteiger partial charge in [-0.3, -0.25) is 9.52 Å². The lowest BCUT2D eigenvalue weighted by molar-refractivity contribution is -0.141. The Labute approximate surface area is 241 Å². The van der Waals surface area contributed by atoms with E-state index in [1.165, 1.54) is 36.4 Å². The average molecular weight is 611 g/mol. The van der Waals surface area contributed by atoms with Crippen LogP contribution in [-0.4, -0.2) is 38.7 Å². The van der Waals surface area contributed by atoms with Crippen molar-refractivity contribution in [2.45, 2.75) is 44.8 Å². The van der Waals surface area contributed by atoms with Crippen LogP contribution in [0.4, 0.5) is 33.5 Å². The molecule has 0 spiro atoms. The van der Waals surface area contributed by atoms with Crippen LogP contribution in [0.5, 0.6) is 0 Å². The largest absolute Gasteiger partial charge is 0.433 e. The molecule has 2 aromatic carbocycles. The van der Waals surface area contributed by atoms with Crippen molar-refractivity contribution < 1.29 is 35.2 Å². The summed E-state index contributed by atoms with van der Waals surface area (Å²) in [6.45, 7) is 2.93. The van der Waals surface area contributed by atoms with Crippen molar-refractivity contribution in [1.82, 2.24) is 10.3 Å². The molecule has 4 rings (SSSR count). The zero-order valence-corrected chi connectivity index (χ0v) is 23.8. The van der Waals surface area contributed by atoms with Gasteiger partial charge in [-0.25, -0.2) is 22.2 Å². The lowest BCUT2D eigenvalue weighted by atomic mass is 9.90. The quantitative estimate of drug-likeness (QED) is 0.307. The summed E-state index contributed by atoms with van der Waals surface area (Å²) in [6, 6.07) is 11.5. The summed E-state index contributed by atoms with van der Waals surface area (Å²) in [5.74, 6) is -2.68. The summed E-state index contributed by atoms with van der Waals surface area (Å²) in [4.78, 5) is 19.2. The average Bonchev–Trinajstić information content (AvgIpc) is 2.91. The maximum Gasteiger partial charge on any atom is 0.433 e. The third-order valence-corrected chi connectivity index (χ3v) is 7.76. The SMILES string of the molecule is CC1CCN(c2nc(C(F)(F)F)ccc2CNC(=O)C(Cc2ccccc2F)c2ccc(NS(C)(=O)=O)c(F)c2)CC1. The van der Waals surface area contributed by atoms with Crippen molar-refractivity contribution in [2.75, 3.05) is 29.0 Å². The van der Waals surface area contributed by atoms with Gasteiger partial charge in [0.25, 0.3) is 0 Å². The van der Waals surface area contributed by atoms with Crippen LogP contribution in [0, 0.1) is 17.6 Å². The molecule has 0 bridgehead atoms. The second-order valence-corrected chi connectivity index (χ2v) is 12.3. The molecule has 1 unspecified atom stereocenters. The molecule has 7 nitrogen and oxygen atoms in total. The van der Waals surface area contributed by atoms with Crippen molar-refractivity contribution in [3.8, 4) is 0 Å². The van der Waals surface area contributed by atoms with Gasteiger partial charge in [0.15, 0.2) is 0 Å². The predicted molar refractivity (Wildman–Crippen MR) is 149 cm³/mol. The number of sulfonamides is 1. The minimum absolute atomic E-state index is 0.130. The minimum Gasteiger partial charge on any atom is -0.356 e. The molecule has 13 heteroatoms. The molecular weight excluding hydrogens is 579 g/mol. The van der Waals surface area contributed by atoms with Crippen LogP contribution in [0.1, 0.15) is 48.1 Å². The van der Waals surface area contributed by atoms with Crippen molar-refractivity contribution >= 4 is 27.4 Å². The Balaban J connectivity index is 1.63. The Morgan fingerprint density at radius 1 is 1.02 bits per heavy atom. The maximum absolute atomic E-state index is 14.9. The molecule has 226 valence electrons. The summed E-state index contributed by atoms with van der Waals surface area (Å²) in [6.07, 6.45) is -2.37. The van der Waals surface area contributed by atoms with Gasteiger partial charge in [0.2, 0.25) is 15.9 Å². The number of nitrogens with one attached hydrogen (secondary N) is 2. The fourth-order valence-corrected chi connectivity index (χ4v) is 5.41. The predicted octanol–water partition coefficient (Wildman–Crippen LogP) is 5.63. The fourth-order valence-electron chi connectivity index (χ4n) is 4.85. The monoisotopic (exact) mass is 610 g/mol. The molecule has 1 aliphatic heterocycles. The molecule has 1 saturated heterocycles. The van der Waals surface area contributed by atoms with Crippen LogP contribution in [-0.2, 0) is 34.0 Å². The van der Waals surface area contributed by atoms with Crippen LogP contribution in [0.2, 0.25) is 0 Å². The summed E-state index contributed by atoms with van der Waals surface area (Å²) in [5, 5.41) is 2.71. The minimum atomic E-state index is -4.65. The first-order valence-corrected chi connectivity index (χ1v) is 15.2. The molecule has 3 aromatic rings. The molecule has 2 N–H and O–H groups in total. The molecule has 1 aromatic heterocycles. The lowest BCUT2D eigenvalue weighted by Crippen LogP contribution is -2.36. The van der Waals surface area contributed by atoms with E-state index in [0.29, 0.717) is 24.6 Å². The van der Waals surface area contributed by atoms with E-state index in [4.69, 9.17) is 0 Å². The zero-order chi connectivity index (χ0) is 30.7. The van der Waals surface area contributed by atoms with E-state index in [0.717, 1.165) is 31.2 Å². The molecular formula is C29H31F5N4O3S. The highest BCUT2D eigenvalue weighted by Gasteiger charge is 2.34. The maximum atomic E-state index is 14.9. The number of carbonyl (C=O) groups is 1. The Morgan fingerprint density at radius 3 is 2.33 bits per heavy atom. The molecule has 2 heterocycles. The van der Waals surface area contributed by atoms with E-state index in [1.54, 1.807) is 11.0 Å². The van der Waals surface area contributed by atoms with Crippen LogP contribution < -0.4 is 14.9 Å². The summed E-state index contributed by atoms with van der Waals surface area (Å²) in [5.41, 5.74) is -0.641. The van der Waals surface area contributed by atoms with Crippen molar-refractivity contribution in [2.24, 2.45) is 5.92 Å². The van der Waals surface area contributed by atoms with Crippen LogP contribution in [0.3, 0.4) is 0 Å². The number of aromatic nitrogens is 1. The summed E-state index contributed by atoms with van der Waals surface area (Å²) < 4.78 is 95.0. The molecule has 1 fully saturated rings. The summed E-state index contributed by atoms with van der Waals surface area (Å²) >= 11 is 0. The van der Waals surface area contributed by atoms with Crippen molar-refractivity contribution in [3.63, 3.8) is 0 Å². The zero-order valence-electron chi connectivity index (χ0n) is 23.0. The first-order valence-electron chi connectivity index (χ1n) is 13.3. The number of halogens is 5. The fraction of sp³-hybridized carbons (Fsp3) is 0.379. The molecule has 0 aliphatic carbocycles. The Kier molecular flexibility index (Phi) is 9.39. The highest BCUT2D eigenvalue weighted by Crippen LogP contribution is 2.33. The number of pyridine rings is 1. The van der Waals surface area contributed by atoms with E-state index >= 15 is 0 Å². The van der Waals surface area contributed by atoms with Gasteiger partial charge in [0, 0.05) is 25.2 Å². The first kappa shape index (κ1) is 31.2. The lowest BCUT2D eigenvalue weighted by Gasteiger charge is -2.33. The van der Waals surface area contributed by atoms with Gasteiger partial charge in [-0.1, -0.05) is 37.3 Å². The van der Waals surface area contributed by atoms with Gasteiger partial charge in [0.1, 0.15) is 23.1 Å². The van der Waals surface area contributed by atoms with Gasteiger partial charge < -0.3 is 10.2 Å². The topological polar surface area (TPSA) is 91.4 Å². The van der Waals surface area contributed by atoms with Gasteiger partial charge in [-0.05, 0) is 60.6 Å². The number of piperidine rings is 1. The molecule has 1 aliphatic rings. The highest BCUT2D eigenvalue weighted by atomic mass is 32.2. The van der Waals surface area contributed by atoms with Crippen LogP contribution in [0.15, 0.2) is 54.6 Å². The van der Waals surface area contributed by atoms with E-state index in [1.807, 2.05) is 0 Å². The van der Waals surface area contributed by atoms with Crippen molar-refractivity contribution in [3.05, 3.63) is 88.6 Å². The van der Waals surface area contributed by atoms with Crippen molar-refractivity contribution in [1.29, 1.82) is 0 Å². The van der Waals surface area contributed by atoms with E-state index in [-0.39, 0.29) is 35.6 Å². The molecule has 1 atom stereocenters. The number of hydrogen-bond donors (Lipinski definition) is 2. The number of rotatable bonds is 9. The number of anilines is 2. The van der Waals surface area contributed by atoms with Gasteiger partial charge in [-0.15, -0.1) is 0 Å². The number of hydrogen-bond acceptors (Lipinski definition) is 5. The smallest absolute Gasteiger partial charge is 0.356 e. The molecule has 1 amide bonds. The van der Waals surface area contributed by atoms with E-state index < -0.39 is 45.4 Å². The van der Waals surface area contributed by atoms with Gasteiger partial charge in [-0.2, -0.15) is 13.2 Å². The molecule has 42 heavy (non-hydrogen) atoms. The third-order valence-electron chi connectivity index (χ3n) is 7.17. The number of alkyl halides is 3. The second-order valence-electron chi connectivity index (χ2n) is 10.5. The van der Waals surface area contributed by atoms with E-state index in [9.17, 15) is 35.2 Å². The number of nitrogens with zero attached hydrogens (tertiary/aromatic N) is 2.